The third-order valence-corrected chi connectivity index (χ3v) is 3.05. The number of benzene rings is 2. The fourth-order valence-corrected chi connectivity index (χ4v) is 1.85. The summed E-state index contributed by atoms with van der Waals surface area (Å²) >= 11 is 0. The predicted octanol–water partition coefficient (Wildman–Crippen LogP) is 2.66. The quantitative estimate of drug-likeness (QED) is 0.468. The van der Waals surface area contributed by atoms with Gasteiger partial charge in [0.2, 0.25) is 0 Å². The van der Waals surface area contributed by atoms with Gasteiger partial charge in [0.1, 0.15) is 18.1 Å². The first-order chi connectivity index (χ1) is 10.7. The van der Waals surface area contributed by atoms with Gasteiger partial charge in [-0.25, -0.2) is 5.84 Å². The fraction of sp³-hybridized carbons (Fsp3) is 0.235. The van der Waals surface area contributed by atoms with E-state index in [1.165, 1.54) is 0 Å². The molecule has 0 heterocycles. The van der Waals surface area contributed by atoms with E-state index in [-0.39, 0.29) is 5.91 Å². The van der Waals surface area contributed by atoms with Crippen LogP contribution < -0.4 is 20.7 Å². The standard InChI is InChI=1S/C17H20N2O3/c1-2-11-21-15-7-9-16(10-8-15)22-12-13-3-5-14(6-4-13)17(20)19-18/h3-10H,2,11-12,18H2,1H3,(H,19,20). The zero-order chi connectivity index (χ0) is 15.8. The summed E-state index contributed by atoms with van der Waals surface area (Å²) in [6, 6.07) is 14.6. The van der Waals surface area contributed by atoms with Crippen molar-refractivity contribution in [2.45, 2.75) is 20.0 Å². The average molecular weight is 300 g/mol. The number of carbonyl (C=O) groups is 1. The highest BCUT2D eigenvalue weighted by molar-refractivity contribution is 5.93. The molecule has 22 heavy (non-hydrogen) atoms. The van der Waals surface area contributed by atoms with E-state index in [1.807, 2.05) is 36.4 Å². The Hall–Kier alpha value is -2.53. The summed E-state index contributed by atoms with van der Waals surface area (Å²) in [5, 5.41) is 0. The molecule has 116 valence electrons. The van der Waals surface area contributed by atoms with Crippen LogP contribution in [0.5, 0.6) is 11.5 Å². The van der Waals surface area contributed by atoms with Crippen LogP contribution in [0.3, 0.4) is 0 Å². The second-order valence-corrected chi connectivity index (χ2v) is 4.78. The minimum absolute atomic E-state index is 0.310. The highest BCUT2D eigenvalue weighted by Crippen LogP contribution is 2.19. The second kappa shape index (κ2) is 8.05. The van der Waals surface area contributed by atoms with Gasteiger partial charge in [-0.05, 0) is 48.4 Å². The van der Waals surface area contributed by atoms with Crippen LogP contribution in [0.1, 0.15) is 29.3 Å². The van der Waals surface area contributed by atoms with Crippen LogP contribution in [-0.4, -0.2) is 12.5 Å². The molecule has 0 radical (unpaired) electrons. The largest absolute Gasteiger partial charge is 0.494 e. The van der Waals surface area contributed by atoms with Gasteiger partial charge in [0.05, 0.1) is 6.61 Å². The van der Waals surface area contributed by atoms with Crippen molar-refractivity contribution in [3.63, 3.8) is 0 Å². The maximum atomic E-state index is 11.3. The Balaban J connectivity index is 1.88. The van der Waals surface area contributed by atoms with Gasteiger partial charge in [0.15, 0.2) is 0 Å². The molecule has 0 saturated carbocycles. The number of rotatable bonds is 7. The first kappa shape index (κ1) is 15.9. The summed E-state index contributed by atoms with van der Waals surface area (Å²) < 4.78 is 11.2. The number of nitrogen functional groups attached to an aromatic ring is 1. The topological polar surface area (TPSA) is 73.6 Å². The predicted molar refractivity (Wildman–Crippen MR) is 84.7 cm³/mol. The molecule has 2 rings (SSSR count). The van der Waals surface area contributed by atoms with Crippen molar-refractivity contribution < 1.29 is 14.3 Å². The van der Waals surface area contributed by atoms with Crippen molar-refractivity contribution in [3.8, 4) is 11.5 Å². The Morgan fingerprint density at radius 3 is 2.14 bits per heavy atom. The Morgan fingerprint density at radius 1 is 1.00 bits per heavy atom. The molecule has 1 amide bonds. The minimum Gasteiger partial charge on any atom is -0.494 e. The molecule has 2 aromatic rings. The molecule has 0 unspecified atom stereocenters. The van der Waals surface area contributed by atoms with Crippen LogP contribution in [0, 0.1) is 0 Å². The number of nitrogens with one attached hydrogen (secondary N) is 1. The molecule has 5 nitrogen and oxygen atoms in total. The number of hydrazine groups is 1. The van der Waals surface area contributed by atoms with Gasteiger partial charge in [-0.3, -0.25) is 10.2 Å². The van der Waals surface area contributed by atoms with Crippen LogP contribution >= 0.6 is 0 Å². The number of amides is 1. The molecule has 0 aliphatic carbocycles. The summed E-state index contributed by atoms with van der Waals surface area (Å²) in [7, 11) is 0. The second-order valence-electron chi connectivity index (χ2n) is 4.78. The highest BCUT2D eigenvalue weighted by atomic mass is 16.5. The van der Waals surface area contributed by atoms with Gasteiger partial charge in [-0.2, -0.15) is 0 Å². The van der Waals surface area contributed by atoms with Crippen LogP contribution in [0.25, 0.3) is 0 Å². The number of hydrogen-bond acceptors (Lipinski definition) is 4. The van der Waals surface area contributed by atoms with Crippen molar-refractivity contribution in [2.24, 2.45) is 5.84 Å². The zero-order valence-electron chi connectivity index (χ0n) is 12.5. The maximum Gasteiger partial charge on any atom is 0.265 e. The molecule has 2 aromatic carbocycles. The average Bonchev–Trinajstić information content (AvgIpc) is 2.58. The number of carbonyl (C=O) groups excluding carboxylic acids is 1. The SMILES string of the molecule is CCCOc1ccc(OCc2ccc(C(=O)NN)cc2)cc1. The van der Waals surface area contributed by atoms with E-state index in [0.717, 1.165) is 23.5 Å². The van der Waals surface area contributed by atoms with Crippen molar-refractivity contribution in [1.82, 2.24) is 5.43 Å². The van der Waals surface area contributed by atoms with Crippen molar-refractivity contribution in [1.29, 1.82) is 0 Å². The molecule has 0 atom stereocenters. The normalized spacial score (nSPS) is 10.1. The molecule has 0 spiro atoms. The fourth-order valence-electron chi connectivity index (χ4n) is 1.85. The molecule has 0 bridgehead atoms. The molecule has 0 aromatic heterocycles. The molecule has 0 fully saturated rings. The Kier molecular flexibility index (Phi) is 5.80. The van der Waals surface area contributed by atoms with Crippen molar-refractivity contribution in [2.75, 3.05) is 6.61 Å². The third kappa shape index (κ3) is 4.49. The minimum atomic E-state index is -0.310. The number of hydrogen-bond donors (Lipinski definition) is 2. The summed E-state index contributed by atoms with van der Waals surface area (Å²) in [5.41, 5.74) is 3.59. The van der Waals surface area contributed by atoms with Crippen LogP contribution in [0.2, 0.25) is 0 Å². The van der Waals surface area contributed by atoms with Crippen molar-refractivity contribution >= 4 is 5.91 Å². The number of nitrogens with two attached hydrogens (primary N) is 1. The summed E-state index contributed by atoms with van der Waals surface area (Å²) in [4.78, 5) is 11.3. The lowest BCUT2D eigenvalue weighted by molar-refractivity contribution is 0.0953. The smallest absolute Gasteiger partial charge is 0.265 e. The molecular weight excluding hydrogens is 280 g/mol. The first-order valence-corrected chi connectivity index (χ1v) is 7.18. The third-order valence-electron chi connectivity index (χ3n) is 3.05. The van der Waals surface area contributed by atoms with Gasteiger partial charge >= 0.3 is 0 Å². The van der Waals surface area contributed by atoms with E-state index >= 15 is 0 Å². The van der Waals surface area contributed by atoms with Crippen LogP contribution in [0.4, 0.5) is 0 Å². The van der Waals surface area contributed by atoms with Crippen LogP contribution in [-0.2, 0) is 6.61 Å². The lowest BCUT2D eigenvalue weighted by Gasteiger charge is -2.08. The molecule has 3 N–H and O–H groups in total. The number of ether oxygens (including phenoxy) is 2. The van der Waals surface area contributed by atoms with Gasteiger partial charge in [-0.1, -0.05) is 19.1 Å². The van der Waals surface area contributed by atoms with E-state index < -0.39 is 0 Å². The van der Waals surface area contributed by atoms with Gasteiger partial charge in [0, 0.05) is 5.56 Å². The Morgan fingerprint density at radius 2 is 1.59 bits per heavy atom. The van der Waals surface area contributed by atoms with E-state index in [2.05, 4.69) is 12.3 Å². The van der Waals surface area contributed by atoms with E-state index in [4.69, 9.17) is 15.3 Å². The van der Waals surface area contributed by atoms with Crippen molar-refractivity contribution in [3.05, 3.63) is 59.7 Å². The van der Waals surface area contributed by atoms with E-state index in [0.29, 0.717) is 18.8 Å². The summed E-state index contributed by atoms with van der Waals surface area (Å²) in [6.45, 7) is 3.21. The molecular formula is C17H20N2O3. The Bertz CT molecular complexity index is 594. The van der Waals surface area contributed by atoms with Gasteiger partial charge < -0.3 is 9.47 Å². The zero-order valence-corrected chi connectivity index (χ0v) is 12.5. The van der Waals surface area contributed by atoms with E-state index in [1.54, 1.807) is 12.1 Å². The molecule has 0 saturated heterocycles. The first-order valence-electron chi connectivity index (χ1n) is 7.18. The Labute approximate surface area is 130 Å². The van der Waals surface area contributed by atoms with Gasteiger partial charge in [-0.15, -0.1) is 0 Å². The lowest BCUT2D eigenvalue weighted by Crippen LogP contribution is -2.29. The molecule has 0 aliphatic rings. The highest BCUT2D eigenvalue weighted by Gasteiger charge is 2.03. The summed E-state index contributed by atoms with van der Waals surface area (Å²) in [6.07, 6.45) is 0.983. The summed E-state index contributed by atoms with van der Waals surface area (Å²) in [5.74, 6) is 6.38. The van der Waals surface area contributed by atoms with Gasteiger partial charge in [0.25, 0.3) is 5.91 Å². The monoisotopic (exact) mass is 300 g/mol. The van der Waals surface area contributed by atoms with Crippen LogP contribution in [0.15, 0.2) is 48.5 Å². The molecule has 0 aliphatic heterocycles. The molecule has 5 heteroatoms. The lowest BCUT2D eigenvalue weighted by atomic mass is 10.1. The maximum absolute atomic E-state index is 11.3. The van der Waals surface area contributed by atoms with E-state index in [9.17, 15) is 4.79 Å².